The number of aromatic nitrogens is 1. The summed E-state index contributed by atoms with van der Waals surface area (Å²) >= 11 is 0. The molecule has 26 heavy (non-hydrogen) atoms. The number of benzene rings is 1. The molecule has 0 unspecified atom stereocenters. The number of likely N-dealkylation sites (tertiary alicyclic amines) is 1. The van der Waals surface area contributed by atoms with E-state index in [4.69, 9.17) is 5.11 Å². The van der Waals surface area contributed by atoms with E-state index < -0.39 is 11.9 Å². The monoisotopic (exact) mass is 353 g/mol. The number of amides is 2. The molecular weight excluding hydrogens is 334 g/mol. The molecular formula is C19H19N3O4. The highest BCUT2D eigenvalue weighted by Gasteiger charge is 2.22. The fourth-order valence-electron chi connectivity index (χ4n) is 2.96. The van der Waals surface area contributed by atoms with Gasteiger partial charge in [-0.1, -0.05) is 12.1 Å². The zero-order valence-electron chi connectivity index (χ0n) is 14.4. The Hall–Kier alpha value is -3.22. The average Bonchev–Trinajstić information content (AvgIpc) is 3.17. The minimum absolute atomic E-state index is 0.000530. The molecule has 0 radical (unpaired) electrons. The van der Waals surface area contributed by atoms with Gasteiger partial charge in [-0.15, -0.1) is 0 Å². The molecule has 1 aromatic heterocycles. The van der Waals surface area contributed by atoms with Gasteiger partial charge < -0.3 is 15.3 Å². The lowest BCUT2D eigenvalue weighted by molar-refractivity contribution is 0.0689. The molecule has 0 spiro atoms. The summed E-state index contributed by atoms with van der Waals surface area (Å²) in [5.41, 5.74) is 1.53. The van der Waals surface area contributed by atoms with Gasteiger partial charge in [-0.3, -0.25) is 9.59 Å². The second kappa shape index (κ2) is 7.35. The van der Waals surface area contributed by atoms with Crippen LogP contribution in [0.1, 0.15) is 49.7 Å². The van der Waals surface area contributed by atoms with Gasteiger partial charge in [-0.2, -0.15) is 0 Å². The molecule has 134 valence electrons. The van der Waals surface area contributed by atoms with Crippen molar-refractivity contribution in [2.24, 2.45) is 0 Å². The molecule has 1 aliphatic rings. The van der Waals surface area contributed by atoms with Crippen LogP contribution in [0.2, 0.25) is 0 Å². The summed E-state index contributed by atoms with van der Waals surface area (Å²) in [4.78, 5) is 41.7. The summed E-state index contributed by atoms with van der Waals surface area (Å²) in [6.07, 6.45) is 2.01. The van der Waals surface area contributed by atoms with E-state index in [9.17, 15) is 14.4 Å². The third kappa shape index (κ3) is 3.56. The molecule has 7 nitrogen and oxygen atoms in total. The largest absolute Gasteiger partial charge is 0.477 e. The summed E-state index contributed by atoms with van der Waals surface area (Å²) in [7, 11) is 0. The Morgan fingerprint density at radius 3 is 2.38 bits per heavy atom. The Bertz CT molecular complexity index is 873. The van der Waals surface area contributed by atoms with Crippen LogP contribution < -0.4 is 5.32 Å². The number of hydrogen-bond acceptors (Lipinski definition) is 4. The Labute approximate surface area is 150 Å². The van der Waals surface area contributed by atoms with Crippen LogP contribution in [0.4, 0.5) is 5.69 Å². The standard InChI is InChI=1S/C19H19N3O4/c1-12-13(18(24)22-10-2-3-11-22)6-4-7-14(12)21-17(23)15-8-5-9-16(20-15)19(25)26/h4-9H,2-3,10-11H2,1H3,(H,21,23)(H,25,26). The van der Waals surface area contributed by atoms with E-state index in [0.29, 0.717) is 16.8 Å². The number of anilines is 1. The summed E-state index contributed by atoms with van der Waals surface area (Å²) in [5.74, 6) is -1.77. The first-order valence-corrected chi connectivity index (χ1v) is 8.38. The molecule has 2 aromatic rings. The maximum absolute atomic E-state index is 12.6. The zero-order chi connectivity index (χ0) is 18.7. The minimum atomic E-state index is -1.20. The van der Waals surface area contributed by atoms with Crippen LogP contribution in [0, 0.1) is 6.92 Å². The molecule has 0 aliphatic carbocycles. The van der Waals surface area contributed by atoms with Crippen molar-refractivity contribution >= 4 is 23.5 Å². The van der Waals surface area contributed by atoms with Crippen LogP contribution >= 0.6 is 0 Å². The third-order valence-corrected chi connectivity index (χ3v) is 4.41. The van der Waals surface area contributed by atoms with Crippen LogP contribution in [0.3, 0.4) is 0 Å². The molecule has 2 amide bonds. The zero-order valence-corrected chi connectivity index (χ0v) is 14.4. The molecule has 7 heteroatoms. The van der Waals surface area contributed by atoms with Crippen molar-refractivity contribution in [1.82, 2.24) is 9.88 Å². The number of carbonyl (C=O) groups is 3. The maximum atomic E-state index is 12.6. The fraction of sp³-hybridized carbons (Fsp3) is 0.263. The molecule has 1 aromatic carbocycles. The Morgan fingerprint density at radius 2 is 1.69 bits per heavy atom. The molecule has 1 saturated heterocycles. The lowest BCUT2D eigenvalue weighted by Crippen LogP contribution is -2.28. The maximum Gasteiger partial charge on any atom is 0.354 e. The lowest BCUT2D eigenvalue weighted by atomic mass is 10.1. The Kier molecular flexibility index (Phi) is 4.97. The Morgan fingerprint density at radius 1 is 1.04 bits per heavy atom. The predicted octanol–water partition coefficient (Wildman–Crippen LogP) is 2.58. The number of carbonyl (C=O) groups excluding carboxylic acids is 2. The van der Waals surface area contributed by atoms with Gasteiger partial charge in [-0.05, 0) is 49.6 Å². The van der Waals surface area contributed by atoms with Gasteiger partial charge in [-0.25, -0.2) is 9.78 Å². The number of nitrogens with zero attached hydrogens (tertiary/aromatic N) is 2. The van der Waals surface area contributed by atoms with Crippen LogP contribution in [0.5, 0.6) is 0 Å². The van der Waals surface area contributed by atoms with E-state index in [1.807, 2.05) is 4.90 Å². The predicted molar refractivity (Wildman–Crippen MR) is 95.5 cm³/mol. The van der Waals surface area contributed by atoms with Gasteiger partial charge in [0.1, 0.15) is 11.4 Å². The average molecular weight is 353 g/mol. The van der Waals surface area contributed by atoms with Crippen molar-refractivity contribution in [2.75, 3.05) is 18.4 Å². The van der Waals surface area contributed by atoms with E-state index in [-0.39, 0.29) is 17.3 Å². The van der Waals surface area contributed by atoms with Crippen LogP contribution in [-0.4, -0.2) is 45.9 Å². The quantitative estimate of drug-likeness (QED) is 0.880. The number of aromatic carboxylic acids is 1. The number of hydrogen-bond donors (Lipinski definition) is 2. The third-order valence-electron chi connectivity index (χ3n) is 4.41. The van der Waals surface area contributed by atoms with E-state index in [1.54, 1.807) is 25.1 Å². The van der Waals surface area contributed by atoms with Gasteiger partial charge in [0.05, 0.1) is 0 Å². The van der Waals surface area contributed by atoms with E-state index >= 15 is 0 Å². The van der Waals surface area contributed by atoms with Crippen molar-refractivity contribution in [3.8, 4) is 0 Å². The van der Waals surface area contributed by atoms with Crippen LogP contribution in [-0.2, 0) is 0 Å². The second-order valence-electron chi connectivity index (χ2n) is 6.14. The van der Waals surface area contributed by atoms with Crippen molar-refractivity contribution in [2.45, 2.75) is 19.8 Å². The molecule has 0 saturated carbocycles. The van der Waals surface area contributed by atoms with E-state index in [0.717, 1.165) is 25.9 Å². The number of carboxylic acids is 1. The van der Waals surface area contributed by atoms with Gasteiger partial charge in [0.25, 0.3) is 11.8 Å². The molecule has 2 N–H and O–H groups in total. The summed E-state index contributed by atoms with van der Waals surface area (Å²) in [6, 6.07) is 9.39. The highest BCUT2D eigenvalue weighted by atomic mass is 16.4. The molecule has 0 bridgehead atoms. The molecule has 1 aliphatic heterocycles. The smallest absolute Gasteiger partial charge is 0.354 e. The highest BCUT2D eigenvalue weighted by Crippen LogP contribution is 2.22. The normalized spacial score (nSPS) is 13.5. The summed E-state index contributed by atoms with van der Waals surface area (Å²) in [6.45, 7) is 3.28. The van der Waals surface area contributed by atoms with Gasteiger partial charge >= 0.3 is 5.97 Å². The van der Waals surface area contributed by atoms with Crippen LogP contribution in [0.25, 0.3) is 0 Å². The van der Waals surface area contributed by atoms with Gasteiger partial charge in [0.15, 0.2) is 0 Å². The van der Waals surface area contributed by atoms with Crippen molar-refractivity contribution in [3.05, 3.63) is 58.9 Å². The number of rotatable bonds is 4. The fourth-order valence-corrected chi connectivity index (χ4v) is 2.96. The first kappa shape index (κ1) is 17.6. The van der Waals surface area contributed by atoms with Crippen molar-refractivity contribution in [1.29, 1.82) is 0 Å². The second-order valence-corrected chi connectivity index (χ2v) is 6.14. The molecule has 3 rings (SSSR count). The van der Waals surface area contributed by atoms with Crippen molar-refractivity contribution in [3.63, 3.8) is 0 Å². The van der Waals surface area contributed by atoms with Crippen LogP contribution in [0.15, 0.2) is 36.4 Å². The first-order chi connectivity index (χ1) is 12.5. The minimum Gasteiger partial charge on any atom is -0.477 e. The van der Waals surface area contributed by atoms with Gasteiger partial charge in [0, 0.05) is 24.3 Å². The molecule has 1 fully saturated rings. The molecule has 0 atom stereocenters. The molecule has 2 heterocycles. The Balaban J connectivity index is 1.83. The van der Waals surface area contributed by atoms with Gasteiger partial charge in [0.2, 0.25) is 0 Å². The SMILES string of the molecule is Cc1c(NC(=O)c2cccc(C(=O)O)n2)cccc1C(=O)N1CCCC1. The first-order valence-electron chi connectivity index (χ1n) is 8.38. The van der Waals surface area contributed by atoms with Crippen molar-refractivity contribution < 1.29 is 19.5 Å². The van der Waals surface area contributed by atoms with E-state index in [1.165, 1.54) is 18.2 Å². The topological polar surface area (TPSA) is 99.6 Å². The number of nitrogens with one attached hydrogen (secondary N) is 1. The lowest BCUT2D eigenvalue weighted by Gasteiger charge is -2.18. The van der Waals surface area contributed by atoms with E-state index in [2.05, 4.69) is 10.3 Å². The number of carboxylic acid groups (broad SMARTS) is 1. The number of pyridine rings is 1. The summed E-state index contributed by atoms with van der Waals surface area (Å²) in [5, 5.41) is 11.7. The summed E-state index contributed by atoms with van der Waals surface area (Å²) < 4.78 is 0. The highest BCUT2D eigenvalue weighted by molar-refractivity contribution is 6.05.